The average molecular weight is 1010 g/mol. The van der Waals surface area contributed by atoms with Gasteiger partial charge in [0.05, 0.1) is 70.7 Å². The van der Waals surface area contributed by atoms with Crippen LogP contribution >= 0.6 is 12.4 Å². The molecule has 0 bridgehead atoms. The number of H-pyrrole nitrogens is 1. The third-order valence-corrected chi connectivity index (χ3v) is 12.2. The Morgan fingerprint density at radius 3 is 1.87 bits per heavy atom. The largest absolute Gasteiger partial charge is 0.394 e. The molecular weight excluding hydrogens is 940 g/mol. The van der Waals surface area contributed by atoms with Gasteiger partial charge in [0.25, 0.3) is 0 Å². The molecule has 25 nitrogen and oxygen atoms in total. The first-order chi connectivity index (χ1) is 34.2. The number of aliphatic hydroxyl groups is 2. The summed E-state index contributed by atoms with van der Waals surface area (Å²) in [5, 5.41) is 40.4. The van der Waals surface area contributed by atoms with Gasteiger partial charge in [0.2, 0.25) is 29.7 Å². The first kappa shape index (κ1) is 54.3. The van der Waals surface area contributed by atoms with Crippen molar-refractivity contribution in [2.75, 3.05) is 133 Å². The highest BCUT2D eigenvalue weighted by Gasteiger charge is 2.34. The maximum atomic E-state index is 14.5. The standard InChI is InChI=1S/C45H66N18O7.ClH/c1-2-20-68-22-24-70-25-23-69-21-11-49-43-51-44(60-16-12-58(13-17-60)41(66)39(9-5-6-10-46)62-28-37(54-56-62)34(47)30-64)53-45(52-43)61-18-14-59(15-19-61)42(67)40(63-29-38(55-57-63)35(48)31-65)27-33-26-32-7-3-4-8-36(32)50-33;/h1,3-4,7-8,26,28-29,34-35,39-40,50,64-65H,5-6,9-25,27,30-31,46-48H2,(H,49,51,52,53);1H/t34-,35-,39-,40+;/m0./s1. The molecule has 2 aliphatic heterocycles. The van der Waals surface area contributed by atoms with E-state index < -0.39 is 24.2 Å². The number of hydrogen-bond acceptors (Lipinski definition) is 20. The Morgan fingerprint density at radius 2 is 1.31 bits per heavy atom. The number of carbonyl (C=O) groups excluding carboxylic acids is 2. The van der Waals surface area contributed by atoms with Crippen LogP contribution in [0.15, 0.2) is 42.7 Å². The summed E-state index contributed by atoms with van der Waals surface area (Å²) in [6, 6.07) is 7.16. The Kier molecular flexibility index (Phi) is 21.0. The fourth-order valence-electron chi connectivity index (χ4n) is 8.21. The molecule has 10 N–H and O–H groups in total. The second-order valence-electron chi connectivity index (χ2n) is 17.0. The van der Waals surface area contributed by atoms with Gasteiger partial charge in [-0.3, -0.25) is 9.59 Å². The second kappa shape index (κ2) is 27.5. The van der Waals surface area contributed by atoms with Gasteiger partial charge in [0.15, 0.2) is 0 Å². The molecule has 0 unspecified atom stereocenters. The van der Waals surface area contributed by atoms with Crippen molar-refractivity contribution in [1.82, 2.24) is 59.7 Å². The van der Waals surface area contributed by atoms with E-state index in [2.05, 4.69) is 36.8 Å². The summed E-state index contributed by atoms with van der Waals surface area (Å²) in [5.41, 5.74) is 20.5. The molecule has 0 aliphatic carbocycles. The lowest BCUT2D eigenvalue weighted by atomic mass is 10.1. The molecule has 0 radical (unpaired) electrons. The van der Waals surface area contributed by atoms with E-state index >= 15 is 0 Å². The number of nitrogens with zero attached hydrogens (tertiary/aromatic N) is 13. The fraction of sp³-hybridized carbons (Fsp3) is 0.578. The number of amides is 2. The summed E-state index contributed by atoms with van der Waals surface area (Å²) in [4.78, 5) is 54.3. The summed E-state index contributed by atoms with van der Waals surface area (Å²) in [6.07, 6.45) is 10.8. The predicted molar refractivity (Wildman–Crippen MR) is 265 cm³/mol. The molecule has 5 aromatic rings. The van der Waals surface area contributed by atoms with E-state index in [1.165, 1.54) is 9.36 Å². The van der Waals surface area contributed by atoms with Crippen LogP contribution < -0.4 is 32.3 Å². The van der Waals surface area contributed by atoms with Gasteiger partial charge in [-0.2, -0.15) is 15.0 Å². The molecule has 26 heteroatoms. The summed E-state index contributed by atoms with van der Waals surface area (Å²) >= 11 is 0. The predicted octanol–water partition coefficient (Wildman–Crippen LogP) is -0.812. The number of hydrogen-bond donors (Lipinski definition) is 7. The number of halogens is 1. The second-order valence-corrected chi connectivity index (χ2v) is 17.0. The van der Waals surface area contributed by atoms with Gasteiger partial charge in [-0.1, -0.05) is 34.5 Å². The number of rotatable bonds is 27. The van der Waals surface area contributed by atoms with Crippen LogP contribution in [0, 0.1) is 12.3 Å². The number of terminal acetylenes is 1. The van der Waals surface area contributed by atoms with E-state index in [9.17, 15) is 19.8 Å². The molecule has 2 saturated heterocycles. The Morgan fingerprint density at radius 1 is 0.761 bits per heavy atom. The normalized spacial score (nSPS) is 15.8. The van der Waals surface area contributed by atoms with Crippen LogP contribution in [-0.4, -0.2) is 200 Å². The molecule has 1 aromatic carbocycles. The van der Waals surface area contributed by atoms with E-state index in [1.807, 2.05) is 49.9 Å². The Balaban J connectivity index is 0.00000825. The Hall–Kier alpha value is -6.08. The van der Waals surface area contributed by atoms with Gasteiger partial charge < -0.3 is 71.5 Å². The van der Waals surface area contributed by atoms with Gasteiger partial charge in [-0.05, 0) is 43.3 Å². The molecule has 7 rings (SSSR count). The molecule has 0 spiro atoms. The van der Waals surface area contributed by atoms with Crippen LogP contribution in [0.5, 0.6) is 0 Å². The van der Waals surface area contributed by atoms with Crippen molar-refractivity contribution in [2.24, 2.45) is 17.2 Å². The van der Waals surface area contributed by atoms with Crippen molar-refractivity contribution in [1.29, 1.82) is 0 Å². The van der Waals surface area contributed by atoms with Gasteiger partial charge in [0.1, 0.15) is 30.1 Å². The lowest BCUT2D eigenvalue weighted by Crippen LogP contribution is -2.52. The highest BCUT2D eigenvalue weighted by Crippen LogP contribution is 2.26. The molecule has 0 saturated carbocycles. The minimum atomic E-state index is -0.738. The monoisotopic (exact) mass is 1010 g/mol. The van der Waals surface area contributed by atoms with E-state index in [1.54, 1.807) is 12.4 Å². The van der Waals surface area contributed by atoms with Gasteiger partial charge >= 0.3 is 0 Å². The number of ether oxygens (including phenoxy) is 3. The topological polar surface area (TPSA) is 321 Å². The SMILES string of the molecule is C#CCOCCOCCOCCNc1nc(N2CCN(C(=O)[C@@H](Cc3cc4ccccc4[nH]3)n3cc([C@@H](N)CO)nn3)CC2)nc(N2CCN(C(=O)[C@H](CCCCN)n3cc([C@@H](N)CO)nn3)CC2)n1.Cl. The van der Waals surface area contributed by atoms with E-state index in [4.69, 9.17) is 52.8 Å². The lowest BCUT2D eigenvalue weighted by molar-refractivity contribution is -0.136. The summed E-state index contributed by atoms with van der Waals surface area (Å²) in [6.45, 7) is 5.84. The van der Waals surface area contributed by atoms with Crippen LogP contribution in [0.3, 0.4) is 0 Å². The van der Waals surface area contributed by atoms with Crippen molar-refractivity contribution >= 4 is 53.0 Å². The number of aromatic nitrogens is 10. The zero-order valence-corrected chi connectivity index (χ0v) is 40.7. The third kappa shape index (κ3) is 14.7. The molecule has 2 aliphatic rings. The number of aliphatic hydroxyl groups excluding tert-OH is 2. The first-order valence-corrected chi connectivity index (χ1v) is 23.8. The quantitative estimate of drug-likeness (QED) is 0.0250. The number of benzene rings is 1. The maximum Gasteiger partial charge on any atom is 0.248 e. The van der Waals surface area contributed by atoms with Crippen LogP contribution in [0.4, 0.5) is 17.8 Å². The minimum absolute atomic E-state index is 0. The van der Waals surface area contributed by atoms with Crippen LogP contribution in [-0.2, 0) is 30.2 Å². The lowest BCUT2D eigenvalue weighted by Gasteiger charge is -2.38. The molecule has 71 heavy (non-hydrogen) atoms. The molecule has 386 valence electrons. The smallest absolute Gasteiger partial charge is 0.248 e. The highest BCUT2D eigenvalue weighted by atomic mass is 35.5. The maximum absolute atomic E-state index is 14.5. The van der Waals surface area contributed by atoms with Crippen molar-refractivity contribution < 1.29 is 34.0 Å². The zero-order chi connectivity index (χ0) is 49.2. The molecular formula is C45H67ClN18O7. The number of carbonyl (C=O) groups is 2. The number of unbranched alkanes of at least 4 members (excludes halogenated alkanes) is 1. The zero-order valence-electron chi connectivity index (χ0n) is 39.9. The van der Waals surface area contributed by atoms with E-state index in [-0.39, 0.29) is 44.0 Å². The van der Waals surface area contributed by atoms with Crippen LogP contribution in [0.25, 0.3) is 10.9 Å². The number of fused-ring (bicyclic) bond motifs is 1. The van der Waals surface area contributed by atoms with Crippen LogP contribution in [0.2, 0.25) is 0 Å². The Bertz CT molecular complexity index is 2420. The van der Waals surface area contributed by atoms with Crippen molar-refractivity contribution in [3.8, 4) is 12.3 Å². The van der Waals surface area contributed by atoms with Crippen LogP contribution in [0.1, 0.15) is 60.5 Å². The van der Waals surface area contributed by atoms with Gasteiger partial charge in [-0.25, -0.2) is 9.36 Å². The van der Waals surface area contributed by atoms with Gasteiger partial charge in [-0.15, -0.1) is 29.0 Å². The van der Waals surface area contributed by atoms with Crippen molar-refractivity contribution in [3.63, 3.8) is 0 Å². The average Bonchev–Trinajstić information content (AvgIpc) is 4.19. The highest BCUT2D eigenvalue weighted by molar-refractivity contribution is 5.85. The van der Waals surface area contributed by atoms with E-state index in [0.717, 1.165) is 29.4 Å². The summed E-state index contributed by atoms with van der Waals surface area (Å²) in [7, 11) is 0. The van der Waals surface area contributed by atoms with Crippen molar-refractivity contribution in [3.05, 3.63) is 59.8 Å². The van der Waals surface area contributed by atoms with Crippen molar-refractivity contribution in [2.45, 2.75) is 49.9 Å². The number of nitrogens with one attached hydrogen (secondary N) is 2. The molecule has 2 amide bonds. The third-order valence-electron chi connectivity index (χ3n) is 12.2. The number of piperazine rings is 2. The summed E-state index contributed by atoms with van der Waals surface area (Å²) in [5.74, 6) is 3.42. The first-order valence-electron chi connectivity index (χ1n) is 23.8. The van der Waals surface area contributed by atoms with Gasteiger partial charge in [0, 0.05) is 76.5 Å². The number of aromatic amines is 1. The fourth-order valence-corrected chi connectivity index (χ4v) is 8.21. The minimum Gasteiger partial charge on any atom is -0.394 e. The number of anilines is 3. The number of nitrogens with two attached hydrogens (primary N) is 3. The molecule has 4 atom stereocenters. The molecule has 2 fully saturated rings. The number of para-hydroxylation sites is 1. The molecule has 4 aromatic heterocycles. The Labute approximate surface area is 418 Å². The molecule has 6 heterocycles. The van der Waals surface area contributed by atoms with E-state index in [0.29, 0.717) is 141 Å². The summed E-state index contributed by atoms with van der Waals surface area (Å²) < 4.78 is 19.6.